The van der Waals surface area contributed by atoms with Crippen LogP contribution in [-0.4, -0.2) is 25.1 Å². The molecule has 0 fully saturated rings. The van der Waals surface area contributed by atoms with Gasteiger partial charge in [0.2, 0.25) is 0 Å². The first kappa shape index (κ1) is 20.4. The number of ether oxygens (including phenoxy) is 2. The van der Waals surface area contributed by atoms with Crippen molar-refractivity contribution in [1.82, 2.24) is 0 Å². The fourth-order valence-electron chi connectivity index (χ4n) is 3.32. The Morgan fingerprint density at radius 2 is 1.82 bits per heavy atom. The van der Waals surface area contributed by atoms with Gasteiger partial charge in [0.15, 0.2) is 6.10 Å². The second-order valence-electron chi connectivity index (χ2n) is 8.08. The van der Waals surface area contributed by atoms with Crippen LogP contribution in [-0.2, 0) is 27.8 Å². The van der Waals surface area contributed by atoms with Gasteiger partial charge in [-0.1, -0.05) is 32.9 Å². The number of fused-ring (bicyclic) bond motifs is 1. The second-order valence-corrected chi connectivity index (χ2v) is 9.18. The Hall–Kier alpha value is -2.34. The van der Waals surface area contributed by atoms with Crippen molar-refractivity contribution in [3.05, 3.63) is 45.8 Å². The van der Waals surface area contributed by atoms with E-state index in [1.165, 1.54) is 24.0 Å². The minimum absolute atomic E-state index is 0.0609. The van der Waals surface area contributed by atoms with Crippen LogP contribution >= 0.6 is 11.3 Å². The lowest BCUT2D eigenvalue weighted by Gasteiger charge is -2.20. The zero-order valence-electron chi connectivity index (χ0n) is 17.0. The molecule has 0 radical (unpaired) electrons. The number of carbonyl (C=O) groups is 2. The van der Waals surface area contributed by atoms with Crippen LogP contribution in [0, 0.1) is 0 Å². The summed E-state index contributed by atoms with van der Waals surface area (Å²) in [7, 11) is 1.36. The maximum absolute atomic E-state index is 12.7. The SMILES string of the molecule is COC(=O)c1c(NC(=O)C(C)Oc2ccc(C(C)(C)C)cc2)sc2c1CCC2. The summed E-state index contributed by atoms with van der Waals surface area (Å²) in [5.41, 5.74) is 2.77. The van der Waals surface area contributed by atoms with Gasteiger partial charge in [0.25, 0.3) is 5.91 Å². The Morgan fingerprint density at radius 3 is 2.43 bits per heavy atom. The third-order valence-corrected chi connectivity index (χ3v) is 6.16. The quantitative estimate of drug-likeness (QED) is 0.736. The summed E-state index contributed by atoms with van der Waals surface area (Å²) in [6, 6.07) is 7.78. The summed E-state index contributed by atoms with van der Waals surface area (Å²) < 4.78 is 10.7. The highest BCUT2D eigenvalue weighted by Crippen LogP contribution is 2.39. The van der Waals surface area contributed by atoms with E-state index < -0.39 is 12.1 Å². The molecule has 1 aliphatic carbocycles. The smallest absolute Gasteiger partial charge is 0.341 e. The number of nitrogens with one attached hydrogen (secondary N) is 1. The average molecular weight is 402 g/mol. The Balaban J connectivity index is 1.71. The number of hydrogen-bond donors (Lipinski definition) is 1. The second kappa shape index (κ2) is 7.95. The largest absolute Gasteiger partial charge is 0.481 e. The summed E-state index contributed by atoms with van der Waals surface area (Å²) in [6.45, 7) is 8.15. The zero-order valence-corrected chi connectivity index (χ0v) is 17.9. The van der Waals surface area contributed by atoms with E-state index in [4.69, 9.17) is 9.47 Å². The van der Waals surface area contributed by atoms with Gasteiger partial charge >= 0.3 is 5.97 Å². The minimum atomic E-state index is -0.692. The highest BCUT2D eigenvalue weighted by atomic mass is 32.1. The Bertz CT molecular complexity index is 877. The van der Waals surface area contributed by atoms with E-state index in [0.29, 0.717) is 16.3 Å². The number of aryl methyl sites for hydroxylation is 1. The molecular formula is C22H27NO4S. The van der Waals surface area contributed by atoms with Crippen LogP contribution in [0.25, 0.3) is 0 Å². The van der Waals surface area contributed by atoms with Crippen molar-refractivity contribution in [2.24, 2.45) is 0 Å². The summed E-state index contributed by atoms with van der Waals surface area (Å²) in [4.78, 5) is 26.0. The highest BCUT2D eigenvalue weighted by Gasteiger charge is 2.29. The van der Waals surface area contributed by atoms with E-state index in [1.54, 1.807) is 6.92 Å². The van der Waals surface area contributed by atoms with Crippen LogP contribution in [0.5, 0.6) is 5.75 Å². The Labute approximate surface area is 170 Å². The number of amides is 1. The van der Waals surface area contributed by atoms with Crippen molar-refractivity contribution < 1.29 is 19.1 Å². The molecule has 5 nitrogen and oxygen atoms in total. The van der Waals surface area contributed by atoms with Gasteiger partial charge in [-0.05, 0) is 54.9 Å². The number of anilines is 1. The molecule has 1 unspecified atom stereocenters. The van der Waals surface area contributed by atoms with E-state index in [0.717, 1.165) is 29.7 Å². The molecule has 6 heteroatoms. The van der Waals surface area contributed by atoms with Crippen LogP contribution in [0.2, 0.25) is 0 Å². The van der Waals surface area contributed by atoms with Gasteiger partial charge in [-0.2, -0.15) is 0 Å². The van der Waals surface area contributed by atoms with E-state index >= 15 is 0 Å². The molecule has 1 aromatic carbocycles. The first-order valence-corrected chi connectivity index (χ1v) is 10.3. The molecule has 1 heterocycles. The average Bonchev–Trinajstić information content (AvgIpc) is 3.21. The molecule has 0 bridgehead atoms. The van der Waals surface area contributed by atoms with E-state index in [9.17, 15) is 9.59 Å². The van der Waals surface area contributed by atoms with Crippen molar-refractivity contribution in [2.75, 3.05) is 12.4 Å². The maximum atomic E-state index is 12.7. The molecular weight excluding hydrogens is 374 g/mol. The van der Waals surface area contributed by atoms with Gasteiger partial charge in [0.1, 0.15) is 10.8 Å². The van der Waals surface area contributed by atoms with Crippen LogP contribution in [0.3, 0.4) is 0 Å². The van der Waals surface area contributed by atoms with E-state index in [1.807, 2.05) is 24.3 Å². The highest BCUT2D eigenvalue weighted by molar-refractivity contribution is 7.17. The minimum Gasteiger partial charge on any atom is -0.481 e. The van der Waals surface area contributed by atoms with Crippen LogP contribution in [0.4, 0.5) is 5.00 Å². The molecule has 2 aromatic rings. The Morgan fingerprint density at radius 1 is 1.14 bits per heavy atom. The maximum Gasteiger partial charge on any atom is 0.341 e. The number of carbonyl (C=O) groups excluding carboxylic acids is 2. The standard InChI is InChI=1S/C22H27NO4S/c1-13(27-15-11-9-14(10-12-15)22(2,3)4)19(24)23-20-18(21(25)26-5)16-7-6-8-17(16)28-20/h9-13H,6-8H2,1-5H3,(H,23,24). The van der Waals surface area contributed by atoms with E-state index in [2.05, 4.69) is 26.1 Å². The lowest BCUT2D eigenvalue weighted by Crippen LogP contribution is -2.30. The predicted octanol–water partition coefficient (Wildman–Crippen LogP) is 4.73. The fourth-order valence-corrected chi connectivity index (χ4v) is 4.60. The molecule has 3 rings (SSSR count). The van der Waals surface area contributed by atoms with Crippen molar-refractivity contribution in [3.8, 4) is 5.75 Å². The van der Waals surface area contributed by atoms with Crippen molar-refractivity contribution >= 4 is 28.2 Å². The monoisotopic (exact) mass is 401 g/mol. The van der Waals surface area contributed by atoms with Crippen LogP contribution in [0.1, 0.15) is 60.5 Å². The van der Waals surface area contributed by atoms with Crippen molar-refractivity contribution in [2.45, 2.75) is 58.5 Å². The van der Waals surface area contributed by atoms with Gasteiger partial charge in [-0.25, -0.2) is 4.79 Å². The number of rotatable bonds is 5. The molecule has 0 saturated heterocycles. The molecule has 0 aliphatic heterocycles. The van der Waals surface area contributed by atoms with Crippen molar-refractivity contribution in [3.63, 3.8) is 0 Å². The number of hydrogen-bond acceptors (Lipinski definition) is 5. The summed E-state index contributed by atoms with van der Waals surface area (Å²) in [5, 5.41) is 3.42. The van der Waals surface area contributed by atoms with Crippen LogP contribution in [0.15, 0.2) is 24.3 Å². The van der Waals surface area contributed by atoms with Gasteiger partial charge in [-0.15, -0.1) is 11.3 Å². The van der Waals surface area contributed by atoms with Crippen molar-refractivity contribution in [1.29, 1.82) is 0 Å². The van der Waals surface area contributed by atoms with Gasteiger partial charge in [0, 0.05) is 4.88 Å². The molecule has 1 N–H and O–H groups in total. The molecule has 150 valence electrons. The third kappa shape index (κ3) is 4.22. The number of esters is 1. The predicted molar refractivity (Wildman–Crippen MR) is 112 cm³/mol. The fraction of sp³-hybridized carbons (Fsp3) is 0.455. The number of methoxy groups -OCH3 is 1. The first-order valence-electron chi connectivity index (χ1n) is 9.51. The molecule has 1 aromatic heterocycles. The van der Waals surface area contributed by atoms with Gasteiger partial charge in [0.05, 0.1) is 12.7 Å². The van der Waals surface area contributed by atoms with E-state index in [-0.39, 0.29) is 11.3 Å². The van der Waals surface area contributed by atoms with Gasteiger partial charge < -0.3 is 14.8 Å². The lowest BCUT2D eigenvalue weighted by atomic mass is 9.87. The number of benzene rings is 1. The zero-order chi connectivity index (χ0) is 20.5. The molecule has 0 saturated carbocycles. The Kier molecular flexibility index (Phi) is 5.79. The van der Waals surface area contributed by atoms with Crippen LogP contribution < -0.4 is 10.1 Å². The third-order valence-electron chi connectivity index (χ3n) is 4.95. The topological polar surface area (TPSA) is 64.6 Å². The summed E-state index contributed by atoms with van der Waals surface area (Å²) in [5.74, 6) is -0.0523. The number of thiophene rings is 1. The lowest BCUT2D eigenvalue weighted by molar-refractivity contribution is -0.122. The molecule has 1 atom stereocenters. The molecule has 1 aliphatic rings. The summed E-state index contributed by atoms with van der Waals surface area (Å²) in [6.07, 6.45) is 2.12. The first-order chi connectivity index (χ1) is 13.2. The summed E-state index contributed by atoms with van der Waals surface area (Å²) >= 11 is 1.46. The molecule has 1 amide bonds. The molecule has 28 heavy (non-hydrogen) atoms. The van der Waals surface area contributed by atoms with Gasteiger partial charge in [-0.3, -0.25) is 4.79 Å². The normalized spacial score (nSPS) is 14.3. The molecule has 0 spiro atoms.